The van der Waals surface area contributed by atoms with Crippen LogP contribution in [0.1, 0.15) is 75.5 Å². The molecule has 3 atom stereocenters. The maximum Gasteiger partial charge on any atom is 0.120 e. The van der Waals surface area contributed by atoms with E-state index in [0.717, 1.165) is 49.5 Å². The second kappa shape index (κ2) is 12.3. The predicted molar refractivity (Wildman–Crippen MR) is 139 cm³/mol. The molecular weight excluding hydrogens is 406 g/mol. The van der Waals surface area contributed by atoms with Gasteiger partial charge in [0.2, 0.25) is 0 Å². The van der Waals surface area contributed by atoms with Crippen LogP contribution in [0.4, 0.5) is 0 Å². The highest BCUT2D eigenvalue weighted by atomic mass is 16.1. The number of likely N-dealkylation sites (N-methyl/N-ethyl adjacent to an activating group) is 1. The fraction of sp³-hybridized carbons (Fsp3) is 0.586. The Morgan fingerprint density at radius 3 is 2.76 bits per heavy atom. The fourth-order valence-corrected chi connectivity index (χ4v) is 5.51. The van der Waals surface area contributed by atoms with E-state index in [-0.39, 0.29) is 6.04 Å². The highest BCUT2D eigenvalue weighted by Gasteiger charge is 2.31. The average Bonchev–Trinajstić information content (AvgIpc) is 3.17. The van der Waals surface area contributed by atoms with E-state index in [9.17, 15) is 4.79 Å². The summed E-state index contributed by atoms with van der Waals surface area (Å²) in [5.74, 6) is 1.46. The Kier molecular flexibility index (Phi) is 9.41. The summed E-state index contributed by atoms with van der Waals surface area (Å²) in [6.45, 7) is 14.7. The van der Waals surface area contributed by atoms with Crippen LogP contribution in [0.2, 0.25) is 0 Å². The molecule has 2 aliphatic rings. The lowest BCUT2D eigenvalue weighted by Crippen LogP contribution is -2.40. The van der Waals surface area contributed by atoms with Gasteiger partial charge in [-0.05, 0) is 61.6 Å². The van der Waals surface area contributed by atoms with Crippen molar-refractivity contribution < 1.29 is 4.79 Å². The molecule has 33 heavy (non-hydrogen) atoms. The molecule has 0 aromatic heterocycles. The molecule has 4 heteroatoms. The van der Waals surface area contributed by atoms with Crippen LogP contribution < -0.4 is 10.6 Å². The number of carbonyl (C=O) groups excluding carboxylic acids is 1. The third-order valence-electron chi connectivity index (χ3n) is 7.41. The molecular formula is C29H43N3O. The number of fused-ring (bicyclic) bond motifs is 1. The summed E-state index contributed by atoms with van der Waals surface area (Å²) in [7, 11) is 1.89. The molecule has 3 rings (SSSR count). The maximum atomic E-state index is 11.1. The van der Waals surface area contributed by atoms with E-state index in [1.807, 2.05) is 7.05 Å². The first-order valence-corrected chi connectivity index (χ1v) is 12.8. The average molecular weight is 450 g/mol. The van der Waals surface area contributed by atoms with Gasteiger partial charge in [-0.3, -0.25) is 0 Å². The van der Waals surface area contributed by atoms with Gasteiger partial charge < -0.3 is 20.3 Å². The van der Waals surface area contributed by atoms with E-state index in [4.69, 9.17) is 0 Å². The highest BCUT2D eigenvalue weighted by molar-refractivity contribution is 5.71. The monoisotopic (exact) mass is 449 g/mol. The summed E-state index contributed by atoms with van der Waals surface area (Å²) in [6, 6.07) is 7.63. The first-order valence-electron chi connectivity index (χ1n) is 12.8. The highest BCUT2D eigenvalue weighted by Crippen LogP contribution is 2.37. The van der Waals surface area contributed by atoms with Crippen molar-refractivity contribution in [2.75, 3.05) is 13.6 Å². The van der Waals surface area contributed by atoms with Crippen molar-refractivity contribution in [1.82, 2.24) is 15.5 Å². The van der Waals surface area contributed by atoms with Gasteiger partial charge in [0.1, 0.15) is 6.29 Å². The molecule has 1 fully saturated rings. The lowest BCUT2D eigenvalue weighted by molar-refractivity contribution is -0.108. The van der Waals surface area contributed by atoms with Gasteiger partial charge in [0.05, 0.1) is 11.7 Å². The summed E-state index contributed by atoms with van der Waals surface area (Å²) in [5, 5.41) is 7.07. The Bertz CT molecular complexity index is 868. The quantitative estimate of drug-likeness (QED) is 0.329. The second-order valence-corrected chi connectivity index (χ2v) is 10.2. The van der Waals surface area contributed by atoms with Gasteiger partial charge in [-0.2, -0.15) is 0 Å². The third-order valence-corrected chi connectivity index (χ3v) is 7.41. The zero-order valence-corrected chi connectivity index (χ0v) is 21.0. The summed E-state index contributed by atoms with van der Waals surface area (Å²) in [4.78, 5) is 13.4. The van der Waals surface area contributed by atoms with Crippen molar-refractivity contribution >= 4 is 12.0 Å². The normalized spacial score (nSPS) is 21.0. The Morgan fingerprint density at radius 1 is 1.27 bits per heavy atom. The van der Waals surface area contributed by atoms with Gasteiger partial charge in [0, 0.05) is 37.3 Å². The number of nitrogens with one attached hydrogen (secondary N) is 2. The Balaban J connectivity index is 1.74. The van der Waals surface area contributed by atoms with Crippen LogP contribution in [-0.4, -0.2) is 36.9 Å². The first kappa shape index (κ1) is 25.3. The number of rotatable bonds is 12. The smallest absolute Gasteiger partial charge is 0.120 e. The van der Waals surface area contributed by atoms with Gasteiger partial charge >= 0.3 is 0 Å². The molecule has 1 heterocycles. The molecule has 2 N–H and O–H groups in total. The second-order valence-electron chi connectivity index (χ2n) is 10.2. The van der Waals surface area contributed by atoms with Crippen LogP contribution in [0.3, 0.4) is 0 Å². The minimum atomic E-state index is 0.0492. The van der Waals surface area contributed by atoms with Crippen LogP contribution in [0.15, 0.2) is 42.8 Å². The summed E-state index contributed by atoms with van der Waals surface area (Å²) >= 11 is 0. The number of nitrogens with zero attached hydrogens (tertiary/aromatic N) is 1. The first-order chi connectivity index (χ1) is 16.0. The number of aldehydes is 1. The van der Waals surface area contributed by atoms with Crippen molar-refractivity contribution in [3.63, 3.8) is 0 Å². The van der Waals surface area contributed by atoms with Gasteiger partial charge in [-0.25, -0.2) is 0 Å². The minimum Gasteiger partial charge on any atom is -0.390 e. The van der Waals surface area contributed by atoms with E-state index in [2.05, 4.69) is 66.5 Å². The zero-order valence-electron chi connectivity index (χ0n) is 21.0. The third kappa shape index (κ3) is 6.40. The van der Waals surface area contributed by atoms with E-state index in [1.165, 1.54) is 48.8 Å². The maximum absolute atomic E-state index is 11.1. The van der Waals surface area contributed by atoms with Crippen LogP contribution in [-0.2, 0) is 17.8 Å². The minimum absolute atomic E-state index is 0.0492. The molecule has 4 nitrogen and oxygen atoms in total. The van der Waals surface area contributed by atoms with Crippen LogP contribution in [0.5, 0.6) is 0 Å². The van der Waals surface area contributed by atoms with Gasteiger partial charge in [-0.1, -0.05) is 58.0 Å². The molecule has 1 aliphatic carbocycles. The van der Waals surface area contributed by atoms with E-state index >= 15 is 0 Å². The van der Waals surface area contributed by atoms with E-state index in [1.54, 1.807) is 0 Å². The zero-order chi connectivity index (χ0) is 23.8. The fourth-order valence-electron chi connectivity index (χ4n) is 5.51. The molecule has 0 spiro atoms. The topological polar surface area (TPSA) is 44.4 Å². The van der Waals surface area contributed by atoms with Crippen molar-refractivity contribution in [1.29, 1.82) is 0 Å². The summed E-state index contributed by atoms with van der Waals surface area (Å²) < 4.78 is 0. The van der Waals surface area contributed by atoms with Gasteiger partial charge in [0.25, 0.3) is 0 Å². The van der Waals surface area contributed by atoms with Crippen molar-refractivity contribution in [3.05, 3.63) is 59.5 Å². The largest absolute Gasteiger partial charge is 0.390 e. The molecule has 1 aromatic rings. The van der Waals surface area contributed by atoms with Crippen molar-refractivity contribution in [3.8, 4) is 0 Å². The van der Waals surface area contributed by atoms with Crippen LogP contribution >= 0.6 is 0 Å². The molecule has 3 unspecified atom stereocenters. The lowest BCUT2D eigenvalue weighted by atomic mass is 9.80. The number of carbonyl (C=O) groups is 1. The Hall–Kier alpha value is -2.29. The number of hydrogen-bond donors (Lipinski definition) is 2. The standard InChI is InChI=1S/C29H43N3O/c1-6-28-26-14-13-23(18-24-10-7-8-11-27(24)31-16-15-21(2)3)19-25(26)20-32(28)29(12-9-17-33)22(4)30-5/h13-14,17,19,21,24,27,29-31H,1,4,7-12,15-16,18,20H2,2-3,5H3. The van der Waals surface area contributed by atoms with Crippen LogP contribution in [0.25, 0.3) is 5.70 Å². The molecule has 0 saturated heterocycles. The Morgan fingerprint density at radius 2 is 2.06 bits per heavy atom. The molecule has 0 bridgehead atoms. The number of benzene rings is 1. The predicted octanol–water partition coefficient (Wildman–Crippen LogP) is 5.45. The molecule has 180 valence electrons. The molecule has 0 amide bonds. The molecule has 1 aliphatic heterocycles. The van der Waals surface area contributed by atoms with Crippen molar-refractivity contribution in [2.45, 2.75) is 83.8 Å². The van der Waals surface area contributed by atoms with Crippen LogP contribution in [0, 0.1) is 11.8 Å². The molecule has 0 radical (unpaired) electrons. The lowest BCUT2D eigenvalue weighted by Gasteiger charge is -2.33. The SMILES string of the molecule is C=C=C1c2ccc(CC3CCCCC3NCCC(C)C)cc2CN1C(CCC=O)C(=C)NC. The molecule has 1 saturated carbocycles. The number of hydrogen-bond acceptors (Lipinski definition) is 4. The van der Waals surface area contributed by atoms with Crippen molar-refractivity contribution in [2.24, 2.45) is 11.8 Å². The van der Waals surface area contributed by atoms with Gasteiger partial charge in [0.15, 0.2) is 0 Å². The van der Waals surface area contributed by atoms with Gasteiger partial charge in [-0.15, -0.1) is 5.73 Å². The summed E-state index contributed by atoms with van der Waals surface area (Å²) in [6.07, 6.45) is 9.94. The Labute approximate surface area is 201 Å². The van der Waals surface area contributed by atoms with E-state index in [0.29, 0.717) is 18.4 Å². The van der Waals surface area contributed by atoms with E-state index < -0.39 is 0 Å². The molecule has 1 aromatic carbocycles. The summed E-state index contributed by atoms with van der Waals surface area (Å²) in [5.41, 5.74) is 9.09.